The van der Waals surface area contributed by atoms with Crippen molar-refractivity contribution in [1.29, 1.82) is 0 Å². The number of hydrogen-bond donors (Lipinski definition) is 1. The van der Waals surface area contributed by atoms with Gasteiger partial charge in [-0.1, -0.05) is 0 Å². The van der Waals surface area contributed by atoms with Gasteiger partial charge in [0, 0.05) is 6.42 Å². The Balaban J connectivity index is 2.32. The summed E-state index contributed by atoms with van der Waals surface area (Å²) in [6, 6.07) is -1.40. The zero-order valence-electron chi connectivity index (χ0n) is 12.0. The minimum absolute atomic E-state index is 0.114. The predicted molar refractivity (Wildman–Crippen MR) is 69.4 cm³/mol. The SMILES string of the molecule is C[C@@H](C(=O)N1N=C(C(F)F)C[C@]1(O)C(F)F)n1cc([N+](=O)[O-])cn1. The Morgan fingerprint density at radius 2 is 2.08 bits per heavy atom. The van der Waals surface area contributed by atoms with E-state index in [0.29, 0.717) is 0 Å². The quantitative estimate of drug-likeness (QED) is 0.485. The molecular weight excluding hydrogens is 342 g/mol. The molecule has 9 nitrogen and oxygen atoms in total. The third kappa shape index (κ3) is 2.93. The number of aliphatic hydroxyl groups is 1. The molecule has 13 heteroatoms. The summed E-state index contributed by atoms with van der Waals surface area (Å²) in [4.78, 5) is 22.1. The van der Waals surface area contributed by atoms with Crippen LogP contribution in [0.2, 0.25) is 0 Å². The fraction of sp³-hybridized carbons (Fsp3) is 0.545. The number of hydrogen-bond acceptors (Lipinski definition) is 6. The number of alkyl halides is 4. The first kappa shape index (κ1) is 17.8. The molecule has 2 rings (SSSR count). The van der Waals surface area contributed by atoms with Gasteiger partial charge in [-0.2, -0.15) is 15.2 Å². The summed E-state index contributed by atoms with van der Waals surface area (Å²) in [5, 5.41) is 27.0. The molecule has 24 heavy (non-hydrogen) atoms. The van der Waals surface area contributed by atoms with Gasteiger partial charge in [-0.3, -0.25) is 19.6 Å². The zero-order valence-corrected chi connectivity index (χ0v) is 12.0. The highest BCUT2D eigenvalue weighted by Crippen LogP contribution is 2.34. The molecule has 0 radical (unpaired) electrons. The second kappa shape index (κ2) is 6.14. The topological polar surface area (TPSA) is 114 Å². The van der Waals surface area contributed by atoms with Gasteiger partial charge in [-0.25, -0.2) is 17.6 Å². The van der Waals surface area contributed by atoms with Crippen LogP contribution in [0, 0.1) is 10.1 Å². The summed E-state index contributed by atoms with van der Waals surface area (Å²) in [6.45, 7) is 1.14. The minimum Gasteiger partial charge on any atom is -0.364 e. The Hall–Kier alpha value is -2.57. The van der Waals surface area contributed by atoms with Crippen LogP contribution in [-0.4, -0.2) is 55.0 Å². The van der Waals surface area contributed by atoms with Crippen molar-refractivity contribution >= 4 is 17.3 Å². The molecule has 0 aliphatic carbocycles. The van der Waals surface area contributed by atoms with Crippen LogP contribution in [0.4, 0.5) is 23.2 Å². The van der Waals surface area contributed by atoms with E-state index < -0.39 is 53.3 Å². The third-order valence-corrected chi connectivity index (χ3v) is 3.40. The summed E-state index contributed by atoms with van der Waals surface area (Å²) < 4.78 is 52.3. The molecule has 2 atom stereocenters. The van der Waals surface area contributed by atoms with Crippen LogP contribution < -0.4 is 0 Å². The normalized spacial score (nSPS) is 22.2. The van der Waals surface area contributed by atoms with E-state index in [9.17, 15) is 37.6 Å². The molecule has 1 aromatic heterocycles. The zero-order chi connectivity index (χ0) is 18.2. The van der Waals surface area contributed by atoms with E-state index in [-0.39, 0.29) is 5.01 Å². The van der Waals surface area contributed by atoms with Crippen LogP contribution in [-0.2, 0) is 4.79 Å². The number of aromatic nitrogens is 2. The van der Waals surface area contributed by atoms with Crippen molar-refractivity contribution in [1.82, 2.24) is 14.8 Å². The number of amides is 1. The van der Waals surface area contributed by atoms with E-state index in [1.165, 1.54) is 0 Å². The number of hydrazone groups is 1. The smallest absolute Gasteiger partial charge is 0.307 e. The van der Waals surface area contributed by atoms with Gasteiger partial charge in [-0.05, 0) is 6.92 Å². The molecule has 0 saturated heterocycles. The highest BCUT2D eigenvalue weighted by molar-refractivity contribution is 5.93. The fourth-order valence-electron chi connectivity index (χ4n) is 2.05. The van der Waals surface area contributed by atoms with Gasteiger partial charge < -0.3 is 5.11 Å². The van der Waals surface area contributed by atoms with Gasteiger partial charge in [0.15, 0.2) is 0 Å². The molecule has 0 aromatic carbocycles. The first-order valence-corrected chi connectivity index (χ1v) is 6.46. The van der Waals surface area contributed by atoms with Crippen molar-refractivity contribution in [2.75, 3.05) is 0 Å². The first-order chi connectivity index (χ1) is 11.1. The molecule has 0 bridgehead atoms. The Morgan fingerprint density at radius 1 is 1.46 bits per heavy atom. The van der Waals surface area contributed by atoms with Crippen molar-refractivity contribution in [3.63, 3.8) is 0 Å². The van der Waals surface area contributed by atoms with Gasteiger partial charge in [0.1, 0.15) is 24.1 Å². The predicted octanol–water partition coefficient (Wildman–Crippen LogP) is 1.16. The summed E-state index contributed by atoms with van der Waals surface area (Å²) in [6.07, 6.45) is -6.31. The van der Waals surface area contributed by atoms with Crippen LogP contribution in [0.15, 0.2) is 17.5 Å². The maximum atomic E-state index is 13.1. The third-order valence-electron chi connectivity index (χ3n) is 3.40. The lowest BCUT2D eigenvalue weighted by atomic mass is 10.1. The van der Waals surface area contributed by atoms with Crippen molar-refractivity contribution < 1.29 is 32.4 Å². The fourth-order valence-corrected chi connectivity index (χ4v) is 2.05. The number of carbonyl (C=O) groups is 1. The monoisotopic (exact) mass is 353 g/mol. The van der Waals surface area contributed by atoms with Crippen LogP contribution >= 0.6 is 0 Å². The average Bonchev–Trinajstić information content (AvgIpc) is 3.11. The molecule has 1 N–H and O–H groups in total. The minimum atomic E-state index is -3.55. The molecule has 0 saturated carbocycles. The van der Waals surface area contributed by atoms with Gasteiger partial charge in [0.25, 0.3) is 18.8 Å². The Labute approximate surface area is 131 Å². The van der Waals surface area contributed by atoms with E-state index in [0.717, 1.165) is 24.0 Å². The van der Waals surface area contributed by atoms with Gasteiger partial charge >= 0.3 is 5.69 Å². The summed E-state index contributed by atoms with van der Waals surface area (Å²) in [5.74, 6) is -1.27. The lowest BCUT2D eigenvalue weighted by Gasteiger charge is -2.31. The second-order valence-corrected chi connectivity index (χ2v) is 5.01. The van der Waals surface area contributed by atoms with Gasteiger partial charge in [-0.15, -0.1) is 0 Å². The van der Waals surface area contributed by atoms with Crippen LogP contribution in [0.5, 0.6) is 0 Å². The highest BCUT2D eigenvalue weighted by atomic mass is 19.3. The summed E-state index contributed by atoms with van der Waals surface area (Å²) in [5.41, 5.74) is -4.74. The first-order valence-electron chi connectivity index (χ1n) is 6.46. The van der Waals surface area contributed by atoms with Crippen molar-refractivity contribution in [2.24, 2.45) is 5.10 Å². The molecule has 132 valence electrons. The molecule has 0 fully saturated rings. The number of rotatable bonds is 5. The molecule has 1 aliphatic rings. The Bertz CT molecular complexity index is 694. The van der Waals surface area contributed by atoms with Crippen LogP contribution in [0.25, 0.3) is 0 Å². The van der Waals surface area contributed by atoms with Crippen LogP contribution in [0.1, 0.15) is 19.4 Å². The highest BCUT2D eigenvalue weighted by Gasteiger charge is 2.54. The lowest BCUT2D eigenvalue weighted by molar-refractivity contribution is -0.385. The second-order valence-electron chi connectivity index (χ2n) is 5.01. The number of nitro groups is 1. The lowest BCUT2D eigenvalue weighted by Crippen LogP contribution is -2.53. The standard InChI is InChI=1S/C11H11F4N5O4/c1-5(18-4-6(3-16-18)20(23)24)9(21)19-11(22,10(14)15)2-7(17-19)8(12)13/h3-5,8,10,22H,2H2,1H3/t5-,11-/m0/s1. The van der Waals surface area contributed by atoms with Crippen LogP contribution in [0.3, 0.4) is 0 Å². The van der Waals surface area contributed by atoms with E-state index >= 15 is 0 Å². The van der Waals surface area contributed by atoms with Gasteiger partial charge in [0.2, 0.25) is 5.72 Å². The summed E-state index contributed by atoms with van der Waals surface area (Å²) in [7, 11) is 0. The van der Waals surface area contributed by atoms with Gasteiger partial charge in [0.05, 0.1) is 4.92 Å². The Morgan fingerprint density at radius 3 is 2.54 bits per heavy atom. The van der Waals surface area contributed by atoms with Crippen molar-refractivity contribution in [2.45, 2.75) is 38.0 Å². The molecule has 1 aliphatic heterocycles. The van der Waals surface area contributed by atoms with E-state index in [1.54, 1.807) is 0 Å². The number of nitrogens with zero attached hydrogens (tertiary/aromatic N) is 5. The van der Waals surface area contributed by atoms with E-state index in [2.05, 4.69) is 10.2 Å². The number of halogens is 4. The van der Waals surface area contributed by atoms with Crippen molar-refractivity contribution in [3.05, 3.63) is 22.5 Å². The van der Waals surface area contributed by atoms with Crippen molar-refractivity contribution in [3.8, 4) is 0 Å². The molecule has 0 spiro atoms. The maximum absolute atomic E-state index is 13.1. The molecule has 2 heterocycles. The summed E-state index contributed by atoms with van der Waals surface area (Å²) >= 11 is 0. The van der Waals surface area contributed by atoms with E-state index in [1.807, 2.05) is 0 Å². The molecule has 1 aromatic rings. The molecule has 1 amide bonds. The molecule has 0 unspecified atom stereocenters. The largest absolute Gasteiger partial charge is 0.364 e. The molecular formula is C11H11F4N5O4. The number of carbonyl (C=O) groups excluding carboxylic acids is 1. The van der Waals surface area contributed by atoms with E-state index in [4.69, 9.17) is 0 Å². The average molecular weight is 353 g/mol. The maximum Gasteiger partial charge on any atom is 0.307 e. The Kier molecular flexibility index (Phi) is 4.55.